The summed E-state index contributed by atoms with van der Waals surface area (Å²) < 4.78 is 27.0. The number of rotatable bonds is 5. The summed E-state index contributed by atoms with van der Waals surface area (Å²) in [5, 5.41) is 3.92. The van der Waals surface area contributed by atoms with E-state index in [-0.39, 0.29) is 11.7 Å². The molecule has 0 amide bonds. The Morgan fingerprint density at radius 2 is 2.33 bits per heavy atom. The molecule has 0 aliphatic heterocycles. The molecule has 0 spiro atoms. The highest BCUT2D eigenvalue weighted by molar-refractivity contribution is 7.92. The van der Waals surface area contributed by atoms with Gasteiger partial charge in [0.25, 0.3) is 0 Å². The molecule has 1 heterocycles. The SMILES string of the molecule is CC(CCl)CS(=O)(=O)Nc1ccn(C)n1. The average molecular weight is 252 g/mol. The number of halogens is 1. The van der Waals surface area contributed by atoms with Crippen LogP contribution < -0.4 is 4.72 Å². The van der Waals surface area contributed by atoms with E-state index in [1.165, 1.54) is 4.68 Å². The first-order chi connectivity index (χ1) is 6.93. The van der Waals surface area contributed by atoms with Gasteiger partial charge in [0.1, 0.15) is 0 Å². The lowest BCUT2D eigenvalue weighted by Crippen LogP contribution is -2.22. The van der Waals surface area contributed by atoms with Crippen molar-refractivity contribution in [2.45, 2.75) is 6.92 Å². The van der Waals surface area contributed by atoms with Gasteiger partial charge in [-0.2, -0.15) is 5.10 Å². The predicted octanol–water partition coefficient (Wildman–Crippen LogP) is 1.04. The number of hydrogen-bond donors (Lipinski definition) is 1. The van der Waals surface area contributed by atoms with E-state index >= 15 is 0 Å². The van der Waals surface area contributed by atoms with Gasteiger partial charge in [0.05, 0.1) is 5.75 Å². The first-order valence-corrected chi connectivity index (χ1v) is 6.68. The van der Waals surface area contributed by atoms with Crippen molar-refractivity contribution in [1.29, 1.82) is 0 Å². The number of nitrogens with one attached hydrogen (secondary N) is 1. The normalized spacial score (nSPS) is 13.8. The topological polar surface area (TPSA) is 64.0 Å². The van der Waals surface area contributed by atoms with Gasteiger partial charge in [-0.25, -0.2) is 8.42 Å². The van der Waals surface area contributed by atoms with Crippen LogP contribution in [0.4, 0.5) is 5.82 Å². The third-order valence-electron chi connectivity index (χ3n) is 1.74. The maximum Gasteiger partial charge on any atom is 0.234 e. The molecule has 15 heavy (non-hydrogen) atoms. The summed E-state index contributed by atoms with van der Waals surface area (Å²) in [6.45, 7) is 1.78. The van der Waals surface area contributed by atoms with Crippen molar-refractivity contribution >= 4 is 27.4 Å². The van der Waals surface area contributed by atoms with Crippen LogP contribution in [0, 0.1) is 5.92 Å². The third-order valence-corrected chi connectivity index (χ3v) is 3.80. The summed E-state index contributed by atoms with van der Waals surface area (Å²) >= 11 is 5.55. The lowest BCUT2D eigenvalue weighted by atomic mass is 10.3. The maximum absolute atomic E-state index is 11.6. The summed E-state index contributed by atoms with van der Waals surface area (Å²) in [6, 6.07) is 1.60. The number of nitrogens with zero attached hydrogens (tertiary/aromatic N) is 2. The van der Waals surface area contributed by atoms with Gasteiger partial charge in [0.15, 0.2) is 5.82 Å². The summed E-state index contributed by atoms with van der Waals surface area (Å²) in [7, 11) is -1.62. The first-order valence-electron chi connectivity index (χ1n) is 4.49. The van der Waals surface area contributed by atoms with Gasteiger partial charge in [0.2, 0.25) is 10.0 Å². The Balaban J connectivity index is 2.64. The Bertz CT molecular complexity index is 415. The van der Waals surface area contributed by atoms with Gasteiger partial charge in [-0.3, -0.25) is 9.40 Å². The van der Waals surface area contributed by atoms with E-state index in [9.17, 15) is 8.42 Å². The molecule has 86 valence electrons. The Kier molecular flexibility index (Phi) is 3.98. The molecule has 1 aromatic heterocycles. The van der Waals surface area contributed by atoms with Gasteiger partial charge in [-0.1, -0.05) is 6.92 Å². The molecule has 7 heteroatoms. The maximum atomic E-state index is 11.6. The number of sulfonamides is 1. The van der Waals surface area contributed by atoms with E-state index in [0.717, 1.165) is 0 Å². The van der Waals surface area contributed by atoms with Crippen molar-refractivity contribution in [3.8, 4) is 0 Å². The summed E-state index contributed by atoms with van der Waals surface area (Å²) in [5.74, 6) is 0.586. The van der Waals surface area contributed by atoms with Gasteiger partial charge in [-0.15, -0.1) is 11.6 Å². The smallest absolute Gasteiger partial charge is 0.234 e. The molecule has 0 saturated heterocycles. The summed E-state index contributed by atoms with van der Waals surface area (Å²) in [4.78, 5) is 0. The summed E-state index contributed by atoms with van der Waals surface area (Å²) in [6.07, 6.45) is 1.67. The van der Waals surface area contributed by atoms with Crippen LogP contribution in [-0.2, 0) is 17.1 Å². The summed E-state index contributed by atoms with van der Waals surface area (Å²) in [5.41, 5.74) is 0. The van der Waals surface area contributed by atoms with E-state index in [4.69, 9.17) is 11.6 Å². The van der Waals surface area contributed by atoms with Crippen LogP contribution in [0.5, 0.6) is 0 Å². The van der Waals surface area contributed by atoms with Crippen molar-refractivity contribution in [2.24, 2.45) is 13.0 Å². The van der Waals surface area contributed by atoms with Crippen molar-refractivity contribution in [3.63, 3.8) is 0 Å². The molecule has 5 nitrogen and oxygen atoms in total. The minimum Gasteiger partial charge on any atom is -0.274 e. The molecule has 0 fully saturated rings. The Hall–Kier alpha value is -0.750. The van der Waals surface area contributed by atoms with Crippen molar-refractivity contribution in [3.05, 3.63) is 12.3 Å². The second-order valence-corrected chi connectivity index (χ2v) is 5.59. The second-order valence-electron chi connectivity index (χ2n) is 3.52. The van der Waals surface area contributed by atoms with Gasteiger partial charge in [-0.05, 0) is 5.92 Å². The number of hydrogen-bond acceptors (Lipinski definition) is 3. The van der Waals surface area contributed by atoms with E-state index in [2.05, 4.69) is 9.82 Å². The van der Waals surface area contributed by atoms with Crippen LogP contribution in [0.1, 0.15) is 6.92 Å². The van der Waals surface area contributed by atoms with E-state index in [1.807, 2.05) is 0 Å². The standard InChI is InChI=1S/C8H14ClN3O2S/c1-7(5-9)6-15(13,14)11-8-3-4-12(2)10-8/h3-4,7H,5-6H2,1-2H3,(H,10,11). The van der Waals surface area contributed by atoms with Crippen LogP contribution in [0.25, 0.3) is 0 Å². The molecule has 0 aliphatic rings. The molecule has 1 atom stereocenters. The van der Waals surface area contributed by atoms with Crippen molar-refractivity contribution in [2.75, 3.05) is 16.4 Å². The van der Waals surface area contributed by atoms with Crippen LogP contribution in [0.2, 0.25) is 0 Å². The van der Waals surface area contributed by atoms with Crippen LogP contribution in [0.15, 0.2) is 12.3 Å². The lowest BCUT2D eigenvalue weighted by molar-refractivity contribution is 0.588. The van der Waals surface area contributed by atoms with Crippen LogP contribution >= 0.6 is 11.6 Å². The predicted molar refractivity (Wildman–Crippen MR) is 60.5 cm³/mol. The second kappa shape index (κ2) is 4.85. The molecule has 1 N–H and O–H groups in total. The number of alkyl halides is 1. The largest absolute Gasteiger partial charge is 0.274 e. The van der Waals surface area contributed by atoms with Gasteiger partial charge in [0, 0.05) is 25.2 Å². The van der Waals surface area contributed by atoms with Crippen LogP contribution in [-0.4, -0.2) is 29.8 Å². The molecule has 0 aromatic carbocycles. The molecule has 0 aliphatic carbocycles. The fourth-order valence-corrected chi connectivity index (χ4v) is 2.71. The Morgan fingerprint density at radius 1 is 1.67 bits per heavy atom. The lowest BCUT2D eigenvalue weighted by Gasteiger charge is -2.08. The minimum absolute atomic E-state index is 0.00702. The Morgan fingerprint density at radius 3 is 2.80 bits per heavy atom. The molecule has 0 bridgehead atoms. The number of aromatic nitrogens is 2. The number of aryl methyl sites for hydroxylation is 1. The fourth-order valence-electron chi connectivity index (χ4n) is 1.09. The minimum atomic E-state index is -3.34. The average Bonchev–Trinajstić information content (AvgIpc) is 2.49. The third kappa shape index (κ3) is 4.09. The van der Waals surface area contributed by atoms with Gasteiger partial charge < -0.3 is 0 Å². The molecular formula is C8H14ClN3O2S. The van der Waals surface area contributed by atoms with E-state index in [0.29, 0.717) is 11.7 Å². The molecule has 1 aromatic rings. The highest BCUT2D eigenvalue weighted by atomic mass is 35.5. The zero-order valence-corrected chi connectivity index (χ0v) is 10.2. The zero-order valence-electron chi connectivity index (χ0n) is 8.64. The molecule has 0 saturated carbocycles. The first kappa shape index (κ1) is 12.3. The highest BCUT2D eigenvalue weighted by Crippen LogP contribution is 2.08. The quantitative estimate of drug-likeness (QED) is 0.796. The van der Waals surface area contributed by atoms with Crippen molar-refractivity contribution < 1.29 is 8.42 Å². The van der Waals surface area contributed by atoms with Crippen molar-refractivity contribution in [1.82, 2.24) is 9.78 Å². The number of anilines is 1. The molecular weight excluding hydrogens is 238 g/mol. The van der Waals surface area contributed by atoms with Crippen LogP contribution in [0.3, 0.4) is 0 Å². The zero-order chi connectivity index (χ0) is 11.5. The van der Waals surface area contributed by atoms with Gasteiger partial charge >= 0.3 is 0 Å². The molecule has 1 rings (SSSR count). The highest BCUT2D eigenvalue weighted by Gasteiger charge is 2.15. The van der Waals surface area contributed by atoms with E-state index in [1.54, 1.807) is 26.2 Å². The Labute approximate surface area is 94.5 Å². The monoisotopic (exact) mass is 251 g/mol. The van der Waals surface area contributed by atoms with E-state index < -0.39 is 10.0 Å². The molecule has 1 unspecified atom stereocenters. The fraction of sp³-hybridized carbons (Fsp3) is 0.625. The molecule has 0 radical (unpaired) electrons.